The first-order valence-electron chi connectivity index (χ1n) is 10.4. The van der Waals surface area contributed by atoms with Crippen LogP contribution in [0.4, 0.5) is 5.69 Å². The molecule has 0 N–H and O–H groups in total. The molecule has 1 aliphatic heterocycles. The Balaban J connectivity index is 2.01. The third-order valence-corrected chi connectivity index (χ3v) is 7.34. The highest BCUT2D eigenvalue weighted by atomic mass is 32.2. The van der Waals surface area contributed by atoms with Gasteiger partial charge in [0.1, 0.15) is 6.54 Å². The summed E-state index contributed by atoms with van der Waals surface area (Å²) in [5.41, 5.74) is 1.30. The van der Waals surface area contributed by atoms with Crippen molar-refractivity contribution < 1.29 is 22.7 Å². The van der Waals surface area contributed by atoms with E-state index in [0.29, 0.717) is 36.2 Å². The first-order valence-corrected chi connectivity index (χ1v) is 11.8. The van der Waals surface area contributed by atoms with Crippen molar-refractivity contribution in [2.75, 3.05) is 38.2 Å². The standard InChI is InChI=1S/C23H30N2O5S/c1-17-7-10-20(11-8-17)31(27,28)25(16-23(26)24-13-5-6-18(2)15-24)19-9-12-21(29-3)22(14-19)30-4/h7-12,14,18H,5-6,13,15-16H2,1-4H3. The van der Waals surface area contributed by atoms with Crippen LogP contribution >= 0.6 is 0 Å². The van der Waals surface area contributed by atoms with E-state index in [1.54, 1.807) is 47.4 Å². The molecule has 31 heavy (non-hydrogen) atoms. The maximum absolute atomic E-state index is 13.6. The van der Waals surface area contributed by atoms with Crippen molar-refractivity contribution in [3.8, 4) is 11.5 Å². The van der Waals surface area contributed by atoms with Gasteiger partial charge < -0.3 is 14.4 Å². The molecule has 0 radical (unpaired) electrons. The lowest BCUT2D eigenvalue weighted by Crippen LogP contribution is -2.46. The van der Waals surface area contributed by atoms with E-state index in [4.69, 9.17) is 9.47 Å². The van der Waals surface area contributed by atoms with E-state index in [2.05, 4.69) is 6.92 Å². The SMILES string of the molecule is COc1ccc(N(CC(=O)N2CCCC(C)C2)S(=O)(=O)c2ccc(C)cc2)cc1OC. The smallest absolute Gasteiger partial charge is 0.264 e. The van der Waals surface area contributed by atoms with Crippen molar-refractivity contribution in [1.82, 2.24) is 4.90 Å². The van der Waals surface area contributed by atoms with Crippen molar-refractivity contribution >= 4 is 21.6 Å². The Morgan fingerprint density at radius 3 is 2.39 bits per heavy atom. The number of piperidine rings is 1. The van der Waals surface area contributed by atoms with Gasteiger partial charge in [0.2, 0.25) is 5.91 Å². The summed E-state index contributed by atoms with van der Waals surface area (Å²) in [5.74, 6) is 1.07. The number of benzene rings is 2. The van der Waals surface area contributed by atoms with E-state index < -0.39 is 10.0 Å². The summed E-state index contributed by atoms with van der Waals surface area (Å²) in [7, 11) is -0.973. The van der Waals surface area contributed by atoms with Crippen LogP contribution in [-0.2, 0) is 14.8 Å². The Labute approximate surface area is 184 Å². The van der Waals surface area contributed by atoms with Crippen molar-refractivity contribution in [3.63, 3.8) is 0 Å². The van der Waals surface area contributed by atoms with Gasteiger partial charge in [0.05, 0.1) is 24.8 Å². The van der Waals surface area contributed by atoms with Gasteiger partial charge in [-0.2, -0.15) is 0 Å². The fourth-order valence-corrected chi connectivity index (χ4v) is 5.18. The van der Waals surface area contributed by atoms with Crippen LogP contribution in [0.15, 0.2) is 47.4 Å². The Bertz CT molecular complexity index is 1020. The van der Waals surface area contributed by atoms with Crippen molar-refractivity contribution in [2.24, 2.45) is 5.92 Å². The number of nitrogens with zero attached hydrogens (tertiary/aromatic N) is 2. The second-order valence-electron chi connectivity index (χ2n) is 7.95. The number of hydrogen-bond acceptors (Lipinski definition) is 5. The molecule has 0 aliphatic carbocycles. The molecule has 7 nitrogen and oxygen atoms in total. The van der Waals surface area contributed by atoms with E-state index in [1.807, 2.05) is 6.92 Å². The minimum Gasteiger partial charge on any atom is -0.493 e. The number of carbonyl (C=O) groups is 1. The van der Waals surface area contributed by atoms with Crippen LogP contribution in [-0.4, -0.2) is 53.1 Å². The van der Waals surface area contributed by atoms with Crippen molar-refractivity contribution in [2.45, 2.75) is 31.6 Å². The number of anilines is 1. The number of methoxy groups -OCH3 is 2. The number of likely N-dealkylation sites (tertiary alicyclic amines) is 1. The summed E-state index contributed by atoms with van der Waals surface area (Å²) >= 11 is 0. The predicted molar refractivity (Wildman–Crippen MR) is 120 cm³/mol. The van der Waals surface area contributed by atoms with Crippen molar-refractivity contribution in [3.05, 3.63) is 48.0 Å². The minimum absolute atomic E-state index is 0.132. The fourth-order valence-electron chi connectivity index (χ4n) is 3.77. The van der Waals surface area contributed by atoms with Crippen LogP contribution in [0, 0.1) is 12.8 Å². The summed E-state index contributed by atoms with van der Waals surface area (Å²) in [4.78, 5) is 15.0. The van der Waals surface area contributed by atoms with Crippen LogP contribution in [0.3, 0.4) is 0 Å². The number of sulfonamides is 1. The molecule has 2 aromatic rings. The highest BCUT2D eigenvalue weighted by Crippen LogP contribution is 2.34. The molecule has 1 unspecified atom stereocenters. The molecule has 1 atom stereocenters. The molecule has 168 valence electrons. The quantitative estimate of drug-likeness (QED) is 0.651. The number of aryl methyl sites for hydroxylation is 1. The van der Waals surface area contributed by atoms with Gasteiger partial charge >= 0.3 is 0 Å². The lowest BCUT2D eigenvalue weighted by molar-refractivity contribution is -0.131. The number of rotatable bonds is 7. The van der Waals surface area contributed by atoms with E-state index in [0.717, 1.165) is 22.7 Å². The zero-order valence-electron chi connectivity index (χ0n) is 18.5. The van der Waals surface area contributed by atoms with Gasteiger partial charge in [0.15, 0.2) is 11.5 Å². The number of hydrogen-bond donors (Lipinski definition) is 0. The normalized spacial score (nSPS) is 16.6. The molecule has 1 saturated heterocycles. The van der Waals surface area contributed by atoms with E-state index in [1.165, 1.54) is 14.2 Å². The molecule has 0 bridgehead atoms. The zero-order chi connectivity index (χ0) is 22.6. The van der Waals surface area contributed by atoms with Gasteiger partial charge in [-0.25, -0.2) is 8.42 Å². The van der Waals surface area contributed by atoms with Gasteiger partial charge in [0.25, 0.3) is 10.0 Å². The third kappa shape index (κ3) is 5.12. The van der Waals surface area contributed by atoms with Crippen molar-refractivity contribution in [1.29, 1.82) is 0 Å². The fraction of sp³-hybridized carbons (Fsp3) is 0.435. The van der Waals surface area contributed by atoms with Crippen LogP contribution in [0.2, 0.25) is 0 Å². The minimum atomic E-state index is -3.97. The third-order valence-electron chi connectivity index (χ3n) is 5.55. The number of ether oxygens (including phenoxy) is 2. The summed E-state index contributed by atoms with van der Waals surface area (Å²) in [6, 6.07) is 11.5. The summed E-state index contributed by atoms with van der Waals surface area (Å²) in [5, 5.41) is 0. The van der Waals surface area contributed by atoms with Crippen LogP contribution in [0.5, 0.6) is 11.5 Å². The summed E-state index contributed by atoms with van der Waals surface area (Å²) in [6.07, 6.45) is 2.00. The Morgan fingerprint density at radius 1 is 1.10 bits per heavy atom. The average molecular weight is 447 g/mol. The van der Waals surface area contributed by atoms with Gasteiger partial charge in [0, 0.05) is 19.2 Å². The number of amides is 1. The molecule has 0 saturated carbocycles. The maximum atomic E-state index is 13.6. The highest BCUT2D eigenvalue weighted by molar-refractivity contribution is 7.92. The Hall–Kier alpha value is -2.74. The lowest BCUT2D eigenvalue weighted by atomic mass is 10.0. The lowest BCUT2D eigenvalue weighted by Gasteiger charge is -2.33. The average Bonchev–Trinajstić information content (AvgIpc) is 2.77. The first kappa shape index (κ1) is 22.9. The molecule has 0 spiro atoms. The monoisotopic (exact) mass is 446 g/mol. The summed E-state index contributed by atoms with van der Waals surface area (Å²) < 4.78 is 38.9. The zero-order valence-corrected chi connectivity index (χ0v) is 19.3. The predicted octanol–water partition coefficient (Wildman–Crippen LogP) is 3.47. The molecule has 1 heterocycles. The number of carbonyl (C=O) groups excluding carboxylic acids is 1. The molecule has 1 aliphatic rings. The van der Waals surface area contributed by atoms with E-state index >= 15 is 0 Å². The first-order chi connectivity index (χ1) is 14.8. The Morgan fingerprint density at radius 2 is 1.77 bits per heavy atom. The second kappa shape index (κ2) is 9.60. The molecule has 1 amide bonds. The second-order valence-corrected chi connectivity index (χ2v) is 9.81. The largest absolute Gasteiger partial charge is 0.493 e. The van der Waals surface area contributed by atoms with Crippen LogP contribution in [0.1, 0.15) is 25.3 Å². The van der Waals surface area contributed by atoms with Gasteiger partial charge in [-0.15, -0.1) is 0 Å². The highest BCUT2D eigenvalue weighted by Gasteiger charge is 2.31. The van der Waals surface area contributed by atoms with E-state index in [-0.39, 0.29) is 17.3 Å². The van der Waals surface area contributed by atoms with Crippen LogP contribution < -0.4 is 13.8 Å². The van der Waals surface area contributed by atoms with E-state index in [9.17, 15) is 13.2 Å². The molecular weight excluding hydrogens is 416 g/mol. The van der Waals surface area contributed by atoms with Gasteiger partial charge in [-0.05, 0) is 49.9 Å². The van der Waals surface area contributed by atoms with Crippen LogP contribution in [0.25, 0.3) is 0 Å². The molecule has 0 aromatic heterocycles. The maximum Gasteiger partial charge on any atom is 0.264 e. The molecule has 3 rings (SSSR count). The molecule has 8 heteroatoms. The summed E-state index contributed by atoms with van der Waals surface area (Å²) in [6.45, 7) is 5.01. The van der Waals surface area contributed by atoms with Gasteiger partial charge in [-0.3, -0.25) is 9.10 Å². The molecule has 2 aromatic carbocycles. The Kier molecular flexibility index (Phi) is 7.10. The molecular formula is C23H30N2O5S. The van der Waals surface area contributed by atoms with Gasteiger partial charge in [-0.1, -0.05) is 24.6 Å². The topological polar surface area (TPSA) is 76.2 Å². The molecule has 1 fully saturated rings.